The maximum absolute atomic E-state index is 13.8. The fourth-order valence-corrected chi connectivity index (χ4v) is 6.54. The van der Waals surface area contributed by atoms with E-state index in [2.05, 4.69) is 9.97 Å². The molecule has 1 saturated heterocycles. The second kappa shape index (κ2) is 10.3. The van der Waals surface area contributed by atoms with Crippen molar-refractivity contribution in [2.75, 3.05) is 26.2 Å². The van der Waals surface area contributed by atoms with E-state index in [0.29, 0.717) is 44.7 Å². The van der Waals surface area contributed by atoms with Crippen LogP contribution in [0.4, 0.5) is 5.13 Å². The Hall–Kier alpha value is -4.61. The summed E-state index contributed by atoms with van der Waals surface area (Å²) < 4.78 is 19.2. The highest BCUT2D eigenvalue weighted by atomic mass is 35.5. The van der Waals surface area contributed by atoms with E-state index in [1.165, 1.54) is 37.6 Å². The normalized spacial score (nSPS) is 16.5. The van der Waals surface area contributed by atoms with E-state index < -0.39 is 23.5 Å². The molecule has 6 rings (SSSR count). The van der Waals surface area contributed by atoms with Gasteiger partial charge in [-0.05, 0) is 61.4 Å². The molecule has 4 heterocycles. The number of hydrogen-bond acceptors (Lipinski definition) is 9. The monoisotopic (exact) mass is 604 g/mol. The van der Waals surface area contributed by atoms with E-state index >= 15 is 0 Å². The summed E-state index contributed by atoms with van der Waals surface area (Å²) in [6, 6.07) is 11.1. The van der Waals surface area contributed by atoms with Gasteiger partial charge < -0.3 is 23.7 Å². The Morgan fingerprint density at radius 1 is 1.00 bits per heavy atom. The highest BCUT2D eigenvalue weighted by Gasteiger charge is 2.49. The Balaban J connectivity index is 1.64. The Kier molecular flexibility index (Phi) is 6.78. The molecule has 1 fully saturated rings. The number of carbonyl (C=O) groups is 2. The standard InChI is InChI=1S/C30H25ClN4O6S/c1-14-7-6-10-34-15(2)23(33-28(14)34)25(36)22-24(16-11-19(39-3)27(41-5)20(12-16)40-4)35(29(38)26(22)37)30-32-18-9-8-17(31)13-21(18)42-30/h6-13,24,36H,1-5H3. The highest BCUT2D eigenvalue weighted by molar-refractivity contribution is 7.22. The third-order valence-electron chi connectivity index (χ3n) is 7.30. The van der Waals surface area contributed by atoms with Crippen LogP contribution in [0.2, 0.25) is 5.02 Å². The Morgan fingerprint density at radius 2 is 1.71 bits per heavy atom. The number of rotatable bonds is 6. The zero-order valence-electron chi connectivity index (χ0n) is 23.3. The second-order valence-electron chi connectivity index (χ2n) is 9.67. The van der Waals surface area contributed by atoms with E-state index in [0.717, 1.165) is 10.3 Å². The van der Waals surface area contributed by atoms with E-state index in [9.17, 15) is 14.7 Å². The van der Waals surface area contributed by atoms with Crippen molar-refractivity contribution < 1.29 is 28.9 Å². The molecule has 10 nitrogen and oxygen atoms in total. The minimum absolute atomic E-state index is 0.143. The first-order chi connectivity index (χ1) is 20.2. The number of anilines is 1. The average molecular weight is 605 g/mol. The number of nitrogens with zero attached hydrogens (tertiary/aromatic N) is 4. The van der Waals surface area contributed by atoms with Crippen LogP contribution in [-0.4, -0.2) is 52.5 Å². The number of halogens is 1. The number of Topliss-reactive ketones (excluding diaryl/α,β-unsaturated/α-hetero) is 1. The molecule has 42 heavy (non-hydrogen) atoms. The zero-order valence-corrected chi connectivity index (χ0v) is 24.8. The first-order valence-electron chi connectivity index (χ1n) is 12.8. The Labute approximate surface area is 249 Å². The molecule has 1 N–H and O–H groups in total. The number of ketones is 1. The lowest BCUT2D eigenvalue weighted by Gasteiger charge is -2.24. The minimum atomic E-state index is -1.10. The van der Waals surface area contributed by atoms with Crippen molar-refractivity contribution in [3.05, 3.63) is 81.8 Å². The number of thiazole rings is 1. The van der Waals surface area contributed by atoms with Gasteiger partial charge in [0.05, 0.1) is 48.9 Å². The van der Waals surface area contributed by atoms with Crippen LogP contribution in [0.25, 0.3) is 21.6 Å². The first-order valence-corrected chi connectivity index (χ1v) is 14.0. The van der Waals surface area contributed by atoms with Crippen LogP contribution in [-0.2, 0) is 9.59 Å². The SMILES string of the molecule is COc1cc(C2C(=C(O)c3nc4c(C)cccn4c3C)C(=O)C(=O)N2c2nc3ccc(Cl)cc3s2)cc(OC)c1OC. The summed E-state index contributed by atoms with van der Waals surface area (Å²) in [5, 5.41) is 12.6. The summed E-state index contributed by atoms with van der Waals surface area (Å²) in [6.07, 6.45) is 1.82. The quantitative estimate of drug-likeness (QED) is 0.145. The van der Waals surface area contributed by atoms with Crippen LogP contribution in [0.3, 0.4) is 0 Å². The van der Waals surface area contributed by atoms with Gasteiger partial charge in [-0.3, -0.25) is 14.5 Å². The number of aliphatic hydroxyl groups excluding tert-OH is 1. The molecular formula is C30H25ClN4O6S. The molecular weight excluding hydrogens is 580 g/mol. The molecule has 3 aromatic heterocycles. The van der Waals surface area contributed by atoms with Crippen molar-refractivity contribution in [2.45, 2.75) is 19.9 Å². The van der Waals surface area contributed by atoms with Gasteiger partial charge in [-0.2, -0.15) is 0 Å². The number of aromatic nitrogens is 3. The number of benzene rings is 2. The Morgan fingerprint density at radius 3 is 2.36 bits per heavy atom. The second-order valence-corrected chi connectivity index (χ2v) is 11.1. The number of ether oxygens (including phenoxy) is 3. The van der Waals surface area contributed by atoms with E-state index in [4.69, 9.17) is 25.8 Å². The van der Waals surface area contributed by atoms with Crippen molar-refractivity contribution in [1.29, 1.82) is 0 Å². The van der Waals surface area contributed by atoms with Crippen LogP contribution in [0, 0.1) is 13.8 Å². The van der Waals surface area contributed by atoms with Crippen LogP contribution in [0.5, 0.6) is 17.2 Å². The molecule has 0 saturated carbocycles. The van der Waals surface area contributed by atoms with E-state index in [-0.39, 0.29) is 16.4 Å². The van der Waals surface area contributed by atoms with Crippen molar-refractivity contribution in [1.82, 2.24) is 14.4 Å². The molecule has 0 bridgehead atoms. The topological polar surface area (TPSA) is 115 Å². The molecule has 0 radical (unpaired) electrons. The summed E-state index contributed by atoms with van der Waals surface area (Å²) in [5.74, 6) is -1.17. The summed E-state index contributed by atoms with van der Waals surface area (Å²) in [7, 11) is 4.42. The van der Waals surface area contributed by atoms with E-state index in [1.807, 2.05) is 29.7 Å². The lowest BCUT2D eigenvalue weighted by atomic mass is 9.95. The smallest absolute Gasteiger partial charge is 0.301 e. The van der Waals surface area contributed by atoms with Gasteiger partial charge >= 0.3 is 5.91 Å². The number of methoxy groups -OCH3 is 3. The molecule has 2 aromatic carbocycles. The van der Waals surface area contributed by atoms with Crippen LogP contribution in [0.15, 0.2) is 54.2 Å². The number of hydrogen-bond donors (Lipinski definition) is 1. The molecule has 0 spiro atoms. The maximum Gasteiger partial charge on any atom is 0.301 e. The molecule has 5 aromatic rings. The van der Waals surface area contributed by atoms with Gasteiger partial charge in [-0.1, -0.05) is 29.0 Å². The Bertz CT molecular complexity index is 1940. The first kappa shape index (κ1) is 27.6. The van der Waals surface area contributed by atoms with Gasteiger partial charge in [0.1, 0.15) is 11.3 Å². The van der Waals surface area contributed by atoms with Gasteiger partial charge in [0, 0.05) is 11.2 Å². The summed E-state index contributed by atoms with van der Waals surface area (Å²) in [4.78, 5) is 38.2. The van der Waals surface area contributed by atoms with Gasteiger partial charge in [-0.25, -0.2) is 9.97 Å². The predicted molar refractivity (Wildman–Crippen MR) is 160 cm³/mol. The van der Waals surface area contributed by atoms with Crippen LogP contribution >= 0.6 is 22.9 Å². The molecule has 1 aliphatic heterocycles. The molecule has 12 heteroatoms. The number of imidazole rings is 1. The maximum atomic E-state index is 13.8. The number of amides is 1. The van der Waals surface area contributed by atoms with Crippen molar-refractivity contribution in [3.8, 4) is 17.2 Å². The van der Waals surface area contributed by atoms with Gasteiger partial charge in [0.25, 0.3) is 5.78 Å². The van der Waals surface area contributed by atoms with E-state index in [1.54, 1.807) is 37.3 Å². The number of pyridine rings is 1. The number of carbonyl (C=O) groups excluding carboxylic acids is 2. The van der Waals surface area contributed by atoms with Crippen molar-refractivity contribution >= 4 is 61.4 Å². The summed E-state index contributed by atoms with van der Waals surface area (Å²) in [5.41, 5.74) is 3.20. The average Bonchev–Trinajstić information content (AvgIpc) is 3.63. The van der Waals surface area contributed by atoms with Crippen LogP contribution < -0.4 is 19.1 Å². The number of fused-ring (bicyclic) bond motifs is 2. The van der Waals surface area contributed by atoms with Crippen molar-refractivity contribution in [2.24, 2.45) is 0 Å². The molecule has 214 valence electrons. The van der Waals surface area contributed by atoms with Gasteiger partial charge in [0.15, 0.2) is 22.4 Å². The number of aliphatic hydroxyl groups is 1. The molecule has 1 unspecified atom stereocenters. The highest BCUT2D eigenvalue weighted by Crippen LogP contribution is 2.48. The third-order valence-corrected chi connectivity index (χ3v) is 8.55. The fourth-order valence-electron chi connectivity index (χ4n) is 5.27. The molecule has 1 amide bonds. The largest absolute Gasteiger partial charge is 0.505 e. The minimum Gasteiger partial charge on any atom is -0.505 e. The fraction of sp³-hybridized carbons (Fsp3) is 0.200. The predicted octanol–water partition coefficient (Wildman–Crippen LogP) is 5.87. The zero-order chi connectivity index (χ0) is 29.9. The third kappa shape index (κ3) is 4.15. The van der Waals surface area contributed by atoms with Gasteiger partial charge in [-0.15, -0.1) is 0 Å². The van der Waals surface area contributed by atoms with Crippen molar-refractivity contribution in [3.63, 3.8) is 0 Å². The molecule has 1 aliphatic rings. The number of aryl methyl sites for hydroxylation is 2. The molecule has 1 atom stereocenters. The van der Waals surface area contributed by atoms with Crippen LogP contribution in [0.1, 0.15) is 28.6 Å². The summed E-state index contributed by atoms with van der Waals surface area (Å²) in [6.45, 7) is 3.69. The summed E-state index contributed by atoms with van der Waals surface area (Å²) >= 11 is 7.41. The van der Waals surface area contributed by atoms with Gasteiger partial charge in [0.2, 0.25) is 5.75 Å². The molecule has 0 aliphatic carbocycles. The lowest BCUT2D eigenvalue weighted by molar-refractivity contribution is -0.132. The lowest BCUT2D eigenvalue weighted by Crippen LogP contribution is -2.29.